The molecular formula is C33H37BrN4O8. The van der Waals surface area contributed by atoms with E-state index in [9.17, 15) is 14.7 Å². The molecule has 0 aromatic heterocycles. The Bertz CT molecular complexity index is 1630. The predicted molar refractivity (Wildman–Crippen MR) is 175 cm³/mol. The number of nitrogens with zero attached hydrogens (tertiary/aromatic N) is 1. The van der Waals surface area contributed by atoms with Gasteiger partial charge < -0.3 is 39.4 Å². The number of esters is 1. The monoisotopic (exact) mass is 696 g/mol. The molecule has 2 amide bonds. The molecule has 0 spiro atoms. The van der Waals surface area contributed by atoms with Crippen LogP contribution in [0.5, 0.6) is 23.0 Å². The van der Waals surface area contributed by atoms with Gasteiger partial charge in [-0.25, -0.2) is 9.59 Å². The summed E-state index contributed by atoms with van der Waals surface area (Å²) in [5.41, 5.74) is 6.77. The zero-order valence-corrected chi connectivity index (χ0v) is 27.8. The molecule has 0 aliphatic carbocycles. The van der Waals surface area contributed by atoms with Crippen molar-refractivity contribution in [2.24, 2.45) is 5.10 Å². The minimum atomic E-state index is -1.16. The molecular weight excluding hydrogens is 660 g/mol. The molecule has 12 nitrogen and oxygen atoms in total. The number of aliphatic hydroxyl groups is 1. The van der Waals surface area contributed by atoms with Crippen LogP contribution >= 0.6 is 15.9 Å². The SMILES string of the molecule is CCOc1cc([C@@H]2NC(=O)NC(C)=C2C(=O)OC)ccc1OC[C@@H](O)N/N=C\c1cc(OC)c(OCc2cccc(C)c2)cc1Br. The van der Waals surface area contributed by atoms with Crippen LogP contribution in [0.4, 0.5) is 4.79 Å². The summed E-state index contributed by atoms with van der Waals surface area (Å²) in [6, 6.07) is 15.4. The number of nitrogens with one attached hydrogen (secondary N) is 3. The fourth-order valence-electron chi connectivity index (χ4n) is 4.70. The first-order valence-corrected chi connectivity index (χ1v) is 15.2. The Labute approximate surface area is 275 Å². The van der Waals surface area contributed by atoms with Gasteiger partial charge in [-0.15, -0.1) is 0 Å². The Morgan fingerprint density at radius 2 is 1.83 bits per heavy atom. The highest BCUT2D eigenvalue weighted by Crippen LogP contribution is 2.35. The van der Waals surface area contributed by atoms with Gasteiger partial charge in [-0.05, 0) is 72.1 Å². The maximum absolute atomic E-state index is 12.5. The van der Waals surface area contributed by atoms with E-state index in [1.165, 1.54) is 13.3 Å². The Kier molecular flexibility index (Phi) is 11.9. The lowest BCUT2D eigenvalue weighted by Gasteiger charge is -2.28. The number of hydrogen-bond acceptors (Lipinski definition) is 10. The van der Waals surface area contributed by atoms with Gasteiger partial charge >= 0.3 is 12.0 Å². The molecule has 1 aliphatic rings. The van der Waals surface area contributed by atoms with Gasteiger partial charge in [0.05, 0.1) is 38.7 Å². The summed E-state index contributed by atoms with van der Waals surface area (Å²) >= 11 is 3.55. The molecule has 244 valence electrons. The van der Waals surface area contributed by atoms with E-state index >= 15 is 0 Å². The van der Waals surface area contributed by atoms with E-state index in [0.717, 1.165) is 15.6 Å². The van der Waals surface area contributed by atoms with E-state index in [-0.39, 0.29) is 12.2 Å². The summed E-state index contributed by atoms with van der Waals surface area (Å²) in [7, 11) is 2.83. The second kappa shape index (κ2) is 16.0. The second-order valence-corrected chi connectivity index (χ2v) is 11.1. The molecule has 1 heterocycles. The van der Waals surface area contributed by atoms with Crippen LogP contribution in [-0.4, -0.2) is 57.0 Å². The number of hydrogen-bond donors (Lipinski definition) is 4. The van der Waals surface area contributed by atoms with Crippen LogP contribution in [-0.2, 0) is 16.1 Å². The lowest BCUT2D eigenvalue weighted by Crippen LogP contribution is -2.45. The highest BCUT2D eigenvalue weighted by molar-refractivity contribution is 9.10. The Balaban J connectivity index is 1.39. The molecule has 0 bridgehead atoms. The number of benzene rings is 3. The number of aryl methyl sites for hydroxylation is 1. The van der Waals surface area contributed by atoms with Crippen molar-refractivity contribution in [1.82, 2.24) is 16.1 Å². The molecule has 1 aliphatic heterocycles. The van der Waals surface area contributed by atoms with Crippen LogP contribution in [0.1, 0.15) is 42.1 Å². The van der Waals surface area contributed by atoms with Gasteiger partial charge in [-0.1, -0.05) is 35.9 Å². The molecule has 0 fully saturated rings. The van der Waals surface area contributed by atoms with E-state index in [0.29, 0.717) is 53.0 Å². The fourth-order valence-corrected chi connectivity index (χ4v) is 5.12. The third kappa shape index (κ3) is 8.70. The lowest BCUT2D eigenvalue weighted by atomic mass is 9.95. The molecule has 0 saturated carbocycles. The van der Waals surface area contributed by atoms with Crippen molar-refractivity contribution in [1.29, 1.82) is 0 Å². The number of urea groups is 1. The van der Waals surface area contributed by atoms with E-state index in [4.69, 9.17) is 23.7 Å². The second-order valence-electron chi connectivity index (χ2n) is 10.2. The van der Waals surface area contributed by atoms with Gasteiger partial charge in [0.25, 0.3) is 0 Å². The maximum Gasteiger partial charge on any atom is 0.337 e. The first-order chi connectivity index (χ1) is 22.1. The van der Waals surface area contributed by atoms with E-state index in [2.05, 4.69) is 43.2 Å². The molecule has 3 aromatic rings. The third-order valence-corrected chi connectivity index (χ3v) is 7.55. The number of halogens is 1. The van der Waals surface area contributed by atoms with Crippen LogP contribution in [0.3, 0.4) is 0 Å². The zero-order valence-electron chi connectivity index (χ0n) is 26.2. The van der Waals surface area contributed by atoms with E-state index in [1.54, 1.807) is 44.4 Å². The summed E-state index contributed by atoms with van der Waals surface area (Å²) in [4.78, 5) is 24.6. The summed E-state index contributed by atoms with van der Waals surface area (Å²) < 4.78 is 28.7. The number of rotatable bonds is 14. The van der Waals surface area contributed by atoms with Crippen LogP contribution in [0.25, 0.3) is 0 Å². The van der Waals surface area contributed by atoms with E-state index in [1.807, 2.05) is 32.0 Å². The first kappa shape index (κ1) is 34.1. The number of hydrazone groups is 1. The van der Waals surface area contributed by atoms with Crippen molar-refractivity contribution >= 4 is 34.1 Å². The minimum Gasteiger partial charge on any atom is -0.493 e. The molecule has 0 radical (unpaired) electrons. The van der Waals surface area contributed by atoms with Crippen LogP contribution in [0.15, 0.2) is 75.4 Å². The van der Waals surface area contributed by atoms with Crippen molar-refractivity contribution < 1.29 is 38.4 Å². The summed E-state index contributed by atoms with van der Waals surface area (Å²) in [5, 5.41) is 20.0. The molecule has 13 heteroatoms. The van der Waals surface area contributed by atoms with Crippen molar-refractivity contribution in [3.63, 3.8) is 0 Å². The number of carbonyl (C=O) groups excluding carboxylic acids is 2. The lowest BCUT2D eigenvalue weighted by molar-refractivity contribution is -0.136. The van der Waals surface area contributed by atoms with Gasteiger partial charge in [0.1, 0.15) is 13.2 Å². The largest absolute Gasteiger partial charge is 0.493 e. The van der Waals surface area contributed by atoms with Crippen molar-refractivity contribution in [3.8, 4) is 23.0 Å². The molecule has 0 unspecified atom stereocenters. The number of carbonyl (C=O) groups is 2. The summed E-state index contributed by atoms with van der Waals surface area (Å²) in [6.45, 7) is 6.03. The molecule has 3 aromatic carbocycles. The number of aliphatic hydroxyl groups excluding tert-OH is 1. The maximum atomic E-state index is 12.5. The molecule has 4 rings (SSSR count). The predicted octanol–water partition coefficient (Wildman–Crippen LogP) is 4.87. The van der Waals surface area contributed by atoms with Crippen LogP contribution in [0.2, 0.25) is 0 Å². The third-order valence-electron chi connectivity index (χ3n) is 6.86. The van der Waals surface area contributed by atoms with Crippen molar-refractivity contribution in [2.75, 3.05) is 27.4 Å². The van der Waals surface area contributed by atoms with Gasteiger partial charge in [0.15, 0.2) is 29.2 Å². The van der Waals surface area contributed by atoms with Gasteiger partial charge in [0.2, 0.25) is 0 Å². The summed E-state index contributed by atoms with van der Waals surface area (Å²) in [6.07, 6.45) is 0.366. The van der Waals surface area contributed by atoms with Crippen molar-refractivity contribution in [2.45, 2.75) is 39.6 Å². The number of amides is 2. The molecule has 0 saturated heterocycles. The van der Waals surface area contributed by atoms with E-state index < -0.39 is 24.3 Å². The standard InChI is InChI=1S/C33H37BrN4O8/c1-6-44-27-13-22(31-30(32(40)43-5)20(3)36-33(41)37-31)10-11-25(27)46-18-29(39)38-35-16-23-14-26(42-4)28(15-24(23)34)45-17-21-9-7-8-19(2)12-21/h7-16,29,31,38-39H,6,17-18H2,1-5H3,(H2,36,37,41)/b35-16-/t29-,31+/m1/s1. The molecule has 2 atom stereocenters. The Morgan fingerprint density at radius 1 is 1.04 bits per heavy atom. The number of methoxy groups -OCH3 is 2. The van der Waals surface area contributed by atoms with Crippen LogP contribution < -0.4 is 35.0 Å². The van der Waals surface area contributed by atoms with Gasteiger partial charge in [0, 0.05) is 15.7 Å². The topological polar surface area (TPSA) is 149 Å². The number of allylic oxidation sites excluding steroid dienone is 1. The van der Waals surface area contributed by atoms with Gasteiger partial charge in [-0.3, -0.25) is 5.43 Å². The quantitative estimate of drug-likeness (QED) is 0.0802. The first-order valence-electron chi connectivity index (χ1n) is 14.4. The molecule has 46 heavy (non-hydrogen) atoms. The minimum absolute atomic E-state index is 0.163. The summed E-state index contributed by atoms with van der Waals surface area (Å²) in [5.74, 6) is 1.24. The smallest absolute Gasteiger partial charge is 0.337 e. The average Bonchev–Trinajstić information content (AvgIpc) is 3.03. The average molecular weight is 698 g/mol. The Morgan fingerprint density at radius 3 is 2.54 bits per heavy atom. The van der Waals surface area contributed by atoms with Gasteiger partial charge in [-0.2, -0.15) is 5.10 Å². The highest BCUT2D eigenvalue weighted by Gasteiger charge is 2.32. The normalized spacial score (nSPS) is 15.1. The number of ether oxygens (including phenoxy) is 5. The van der Waals surface area contributed by atoms with Crippen LogP contribution in [0, 0.1) is 6.92 Å². The molecule has 4 N–H and O–H groups in total. The van der Waals surface area contributed by atoms with Crippen molar-refractivity contribution in [3.05, 3.63) is 92.6 Å². The fraction of sp³-hybridized carbons (Fsp3) is 0.303. The highest BCUT2D eigenvalue weighted by atomic mass is 79.9. The zero-order chi connectivity index (χ0) is 33.2. The Hall–Kier alpha value is -4.75.